The molecule has 3 rings (SSSR count). The molecule has 0 bridgehead atoms. The quantitative estimate of drug-likeness (QED) is 0.646. The Morgan fingerprint density at radius 2 is 1.81 bits per heavy atom. The molecule has 0 aromatic heterocycles. The summed E-state index contributed by atoms with van der Waals surface area (Å²) < 4.78 is 56.6. The molecule has 168 valence electrons. The van der Waals surface area contributed by atoms with Crippen LogP contribution in [0.2, 0.25) is 5.02 Å². The lowest BCUT2D eigenvalue weighted by molar-refractivity contribution is -0.0498. The average molecular weight is 473 g/mol. The lowest BCUT2D eigenvalue weighted by Gasteiger charge is -2.21. The molecule has 1 aliphatic rings. The Morgan fingerprint density at radius 3 is 2.48 bits per heavy atom. The third-order valence-corrected chi connectivity index (χ3v) is 7.33. The molecular formula is C21H23ClF2N2O4S. The second kappa shape index (κ2) is 10.4. The number of halogens is 3. The van der Waals surface area contributed by atoms with E-state index in [1.165, 1.54) is 40.7 Å². The molecule has 2 aromatic rings. The summed E-state index contributed by atoms with van der Waals surface area (Å²) >= 11 is 6.16. The number of nitrogens with one attached hydrogen (secondary N) is 1. The lowest BCUT2D eigenvalue weighted by Crippen LogP contribution is -2.32. The highest BCUT2D eigenvalue weighted by atomic mass is 35.5. The van der Waals surface area contributed by atoms with Gasteiger partial charge in [0.05, 0.1) is 5.02 Å². The Kier molecular flexibility index (Phi) is 7.85. The number of hydrogen-bond acceptors (Lipinski definition) is 4. The summed E-state index contributed by atoms with van der Waals surface area (Å²) in [5.74, 6) is -0.525. The summed E-state index contributed by atoms with van der Waals surface area (Å²) in [5.41, 5.74) is 0.690. The Labute approximate surface area is 185 Å². The first-order valence-corrected chi connectivity index (χ1v) is 11.7. The number of alkyl halides is 2. The van der Waals surface area contributed by atoms with E-state index in [1.807, 2.05) is 0 Å². The second-order valence-corrected chi connectivity index (χ2v) is 9.49. The fourth-order valence-electron chi connectivity index (χ4n) is 3.38. The zero-order valence-electron chi connectivity index (χ0n) is 16.7. The molecular weight excluding hydrogens is 450 g/mol. The largest absolute Gasteiger partial charge is 0.435 e. The first-order valence-electron chi connectivity index (χ1n) is 9.89. The molecule has 1 amide bonds. The van der Waals surface area contributed by atoms with Gasteiger partial charge in [0.2, 0.25) is 10.0 Å². The predicted octanol–water partition coefficient (Wildman–Crippen LogP) is 4.44. The highest BCUT2D eigenvalue weighted by Crippen LogP contribution is 2.27. The molecule has 10 heteroatoms. The number of sulfonamides is 1. The van der Waals surface area contributed by atoms with Crippen LogP contribution in [-0.4, -0.2) is 38.3 Å². The first kappa shape index (κ1) is 23.4. The van der Waals surface area contributed by atoms with Crippen molar-refractivity contribution in [2.45, 2.75) is 43.7 Å². The summed E-state index contributed by atoms with van der Waals surface area (Å²) in [6.45, 7) is -2.04. The SMILES string of the molecule is O=C(NCc1cccc(OC(F)F)c1)c1ccc(Cl)c(S(=O)(=O)N2CCCCCC2)c1. The number of amides is 1. The number of carbonyl (C=O) groups is 1. The molecule has 0 saturated carbocycles. The highest BCUT2D eigenvalue weighted by molar-refractivity contribution is 7.89. The number of rotatable bonds is 7. The summed E-state index contributed by atoms with van der Waals surface area (Å²) in [7, 11) is -3.82. The van der Waals surface area contributed by atoms with Gasteiger partial charge in [0, 0.05) is 25.2 Å². The van der Waals surface area contributed by atoms with Gasteiger partial charge >= 0.3 is 6.61 Å². The van der Waals surface area contributed by atoms with Crippen molar-refractivity contribution in [2.24, 2.45) is 0 Å². The fraction of sp³-hybridized carbons (Fsp3) is 0.381. The minimum Gasteiger partial charge on any atom is -0.435 e. The van der Waals surface area contributed by atoms with Crippen molar-refractivity contribution in [3.05, 3.63) is 58.6 Å². The van der Waals surface area contributed by atoms with Crippen LogP contribution in [0.25, 0.3) is 0 Å². The van der Waals surface area contributed by atoms with Crippen LogP contribution < -0.4 is 10.1 Å². The van der Waals surface area contributed by atoms with E-state index in [4.69, 9.17) is 11.6 Å². The molecule has 1 saturated heterocycles. The maximum atomic E-state index is 13.1. The predicted molar refractivity (Wildman–Crippen MR) is 113 cm³/mol. The molecule has 0 spiro atoms. The van der Waals surface area contributed by atoms with Crippen LogP contribution in [0.4, 0.5) is 8.78 Å². The van der Waals surface area contributed by atoms with Crippen molar-refractivity contribution in [3.63, 3.8) is 0 Å². The summed E-state index contributed by atoms with van der Waals surface area (Å²) in [5, 5.41) is 2.70. The zero-order chi connectivity index (χ0) is 22.4. The van der Waals surface area contributed by atoms with Gasteiger partial charge in [0.1, 0.15) is 10.6 Å². The van der Waals surface area contributed by atoms with E-state index in [0.29, 0.717) is 18.7 Å². The Balaban J connectivity index is 1.74. The van der Waals surface area contributed by atoms with Crippen molar-refractivity contribution < 1.29 is 26.7 Å². The molecule has 1 fully saturated rings. The van der Waals surface area contributed by atoms with Crippen LogP contribution in [0.3, 0.4) is 0 Å². The number of benzene rings is 2. The minimum absolute atomic E-state index is 0.0147. The van der Waals surface area contributed by atoms with E-state index in [1.54, 1.807) is 6.07 Å². The van der Waals surface area contributed by atoms with E-state index < -0.39 is 22.5 Å². The normalized spacial score (nSPS) is 15.5. The Bertz CT molecular complexity index is 1030. The molecule has 0 unspecified atom stereocenters. The molecule has 1 heterocycles. The lowest BCUT2D eigenvalue weighted by atomic mass is 10.2. The topological polar surface area (TPSA) is 75.7 Å². The van der Waals surface area contributed by atoms with Gasteiger partial charge in [-0.15, -0.1) is 0 Å². The van der Waals surface area contributed by atoms with E-state index in [0.717, 1.165) is 25.7 Å². The van der Waals surface area contributed by atoms with Crippen LogP contribution in [0.15, 0.2) is 47.4 Å². The third-order valence-electron chi connectivity index (χ3n) is 4.95. The van der Waals surface area contributed by atoms with Gasteiger partial charge in [-0.25, -0.2) is 8.42 Å². The summed E-state index contributed by atoms with van der Waals surface area (Å²) in [4.78, 5) is 12.5. The van der Waals surface area contributed by atoms with Gasteiger partial charge in [-0.1, -0.05) is 36.6 Å². The molecule has 2 aromatic carbocycles. The molecule has 0 atom stereocenters. The molecule has 31 heavy (non-hydrogen) atoms. The van der Waals surface area contributed by atoms with Crippen molar-refractivity contribution in [3.8, 4) is 5.75 Å². The van der Waals surface area contributed by atoms with Gasteiger partial charge < -0.3 is 10.1 Å². The van der Waals surface area contributed by atoms with E-state index in [9.17, 15) is 22.0 Å². The number of ether oxygens (including phenoxy) is 1. The van der Waals surface area contributed by atoms with Crippen molar-refractivity contribution in [1.82, 2.24) is 9.62 Å². The van der Waals surface area contributed by atoms with Gasteiger partial charge in [-0.3, -0.25) is 4.79 Å². The fourth-order valence-corrected chi connectivity index (χ4v) is 5.40. The molecule has 0 aliphatic carbocycles. The maximum Gasteiger partial charge on any atom is 0.387 e. The number of nitrogens with zero attached hydrogens (tertiary/aromatic N) is 1. The van der Waals surface area contributed by atoms with E-state index in [2.05, 4.69) is 10.1 Å². The Morgan fingerprint density at radius 1 is 1.10 bits per heavy atom. The smallest absolute Gasteiger partial charge is 0.387 e. The molecule has 1 N–H and O–H groups in total. The van der Waals surface area contributed by atoms with Gasteiger partial charge in [-0.2, -0.15) is 13.1 Å². The molecule has 0 radical (unpaired) electrons. The van der Waals surface area contributed by atoms with Gasteiger partial charge in [0.15, 0.2) is 0 Å². The summed E-state index contributed by atoms with van der Waals surface area (Å²) in [6, 6.07) is 10.1. The van der Waals surface area contributed by atoms with Crippen molar-refractivity contribution in [2.75, 3.05) is 13.1 Å². The van der Waals surface area contributed by atoms with Crippen LogP contribution in [0.1, 0.15) is 41.6 Å². The van der Waals surface area contributed by atoms with Crippen molar-refractivity contribution >= 4 is 27.5 Å². The van der Waals surface area contributed by atoms with Crippen LogP contribution in [-0.2, 0) is 16.6 Å². The highest BCUT2D eigenvalue weighted by Gasteiger charge is 2.28. The van der Waals surface area contributed by atoms with Gasteiger partial charge in [0.25, 0.3) is 5.91 Å². The molecule has 1 aliphatic heterocycles. The number of hydrogen-bond donors (Lipinski definition) is 1. The van der Waals surface area contributed by atoms with Crippen LogP contribution in [0.5, 0.6) is 5.75 Å². The average Bonchev–Trinajstić information content (AvgIpc) is 3.02. The monoisotopic (exact) mass is 472 g/mol. The van der Waals surface area contributed by atoms with Gasteiger partial charge in [-0.05, 0) is 48.7 Å². The Hall–Kier alpha value is -2.23. The summed E-state index contributed by atoms with van der Waals surface area (Å²) in [6.07, 6.45) is 3.52. The standard InChI is InChI=1S/C21H23ClF2N2O4S/c22-18-9-8-16(13-19(18)31(28,29)26-10-3-1-2-4-11-26)20(27)25-14-15-6-5-7-17(12-15)30-21(23)24/h5-9,12-13,21H,1-4,10-11,14H2,(H,25,27). The van der Waals surface area contributed by atoms with Crippen molar-refractivity contribution in [1.29, 1.82) is 0 Å². The van der Waals surface area contributed by atoms with E-state index >= 15 is 0 Å². The minimum atomic E-state index is -3.82. The van der Waals surface area contributed by atoms with Crippen LogP contribution in [0, 0.1) is 0 Å². The van der Waals surface area contributed by atoms with Crippen LogP contribution >= 0.6 is 11.6 Å². The second-order valence-electron chi connectivity index (χ2n) is 7.17. The van der Waals surface area contributed by atoms with E-state index in [-0.39, 0.29) is 27.8 Å². The first-order chi connectivity index (χ1) is 14.8. The molecule has 6 nitrogen and oxygen atoms in total. The third kappa shape index (κ3) is 6.15. The zero-order valence-corrected chi connectivity index (χ0v) is 18.3. The maximum absolute atomic E-state index is 13.1. The number of carbonyl (C=O) groups excluding carboxylic acids is 1.